The van der Waals surface area contributed by atoms with Crippen molar-refractivity contribution in [1.29, 1.82) is 0 Å². The van der Waals surface area contributed by atoms with E-state index >= 15 is 0 Å². The molecule has 6 heteroatoms. The lowest BCUT2D eigenvalue weighted by Crippen LogP contribution is -2.19. The minimum Gasteiger partial charge on any atom is -0.411 e. The Morgan fingerprint density at radius 1 is 1.33 bits per heavy atom. The first kappa shape index (κ1) is 17.6. The zero-order valence-corrected chi connectivity index (χ0v) is 12.7. The van der Waals surface area contributed by atoms with Crippen LogP contribution in [0.3, 0.4) is 0 Å². The molecule has 0 aromatic heterocycles. The normalized spacial score (nSPS) is 19.3. The molecule has 0 aromatic rings. The molecule has 0 aliphatic carbocycles. The van der Waals surface area contributed by atoms with Crippen molar-refractivity contribution in [1.82, 2.24) is 0 Å². The molecule has 0 saturated heterocycles. The van der Waals surface area contributed by atoms with Gasteiger partial charge in [-0.3, -0.25) is 4.57 Å². The first-order chi connectivity index (χ1) is 8.35. The van der Waals surface area contributed by atoms with E-state index in [0.29, 0.717) is 0 Å². The second-order valence-electron chi connectivity index (χ2n) is 4.75. The molecule has 0 spiro atoms. The highest BCUT2D eigenvalue weighted by molar-refractivity contribution is 7.54. The minimum atomic E-state index is -3.76. The van der Waals surface area contributed by atoms with Gasteiger partial charge in [0.1, 0.15) is 0 Å². The van der Waals surface area contributed by atoms with Gasteiger partial charge in [-0.2, -0.15) is 0 Å². The Morgan fingerprint density at radius 2 is 1.94 bits per heavy atom. The zero-order chi connectivity index (χ0) is 14.2. The Bertz CT molecular complexity index is 306. The van der Waals surface area contributed by atoms with Gasteiger partial charge in [-0.25, -0.2) is 0 Å². The van der Waals surface area contributed by atoms with Gasteiger partial charge in [0.25, 0.3) is 0 Å². The SMILES string of the molecule is CCCCCCC(C)OP(=O)(O)C(C)C(C)=NO. The van der Waals surface area contributed by atoms with Gasteiger partial charge in [-0.15, -0.1) is 0 Å². The standard InChI is InChI=1S/C12H26NO4P/c1-5-6-7-8-9-10(2)17-18(15,16)12(4)11(3)13-14/h10,12,14H,5-9H2,1-4H3,(H,15,16). The zero-order valence-electron chi connectivity index (χ0n) is 11.8. The molecular weight excluding hydrogens is 253 g/mol. The Morgan fingerprint density at radius 3 is 2.44 bits per heavy atom. The van der Waals surface area contributed by atoms with Crippen molar-refractivity contribution in [3.05, 3.63) is 0 Å². The van der Waals surface area contributed by atoms with E-state index in [1.807, 2.05) is 0 Å². The van der Waals surface area contributed by atoms with E-state index in [1.165, 1.54) is 20.3 Å². The van der Waals surface area contributed by atoms with Crippen LogP contribution in [-0.2, 0) is 9.09 Å². The third kappa shape index (κ3) is 6.53. The van der Waals surface area contributed by atoms with Crippen LogP contribution < -0.4 is 0 Å². The van der Waals surface area contributed by atoms with Crippen molar-refractivity contribution in [3.63, 3.8) is 0 Å². The van der Waals surface area contributed by atoms with Crippen LogP contribution in [0, 0.1) is 0 Å². The number of hydrogen-bond acceptors (Lipinski definition) is 4. The third-order valence-corrected chi connectivity index (χ3v) is 5.06. The summed E-state index contributed by atoms with van der Waals surface area (Å²) in [6, 6.07) is 0. The van der Waals surface area contributed by atoms with Gasteiger partial charge in [-0.05, 0) is 27.2 Å². The lowest BCUT2D eigenvalue weighted by atomic mass is 10.1. The van der Waals surface area contributed by atoms with Crippen LogP contribution in [0.15, 0.2) is 5.16 Å². The maximum Gasteiger partial charge on any atom is 0.336 e. The molecule has 0 fully saturated rings. The smallest absolute Gasteiger partial charge is 0.336 e. The van der Waals surface area contributed by atoms with E-state index < -0.39 is 13.3 Å². The van der Waals surface area contributed by atoms with E-state index in [9.17, 15) is 9.46 Å². The second-order valence-corrected chi connectivity index (χ2v) is 6.86. The molecule has 3 unspecified atom stereocenters. The number of unbranched alkanes of at least 4 members (excludes halogenated alkanes) is 3. The fraction of sp³-hybridized carbons (Fsp3) is 0.917. The second kappa shape index (κ2) is 8.68. The van der Waals surface area contributed by atoms with Crippen molar-refractivity contribution >= 4 is 13.3 Å². The predicted octanol–water partition coefficient (Wildman–Crippen LogP) is 3.79. The Kier molecular flexibility index (Phi) is 8.49. The summed E-state index contributed by atoms with van der Waals surface area (Å²) in [4.78, 5) is 9.80. The molecule has 0 bridgehead atoms. The summed E-state index contributed by atoms with van der Waals surface area (Å²) in [5.74, 6) is 0. The van der Waals surface area contributed by atoms with E-state index in [-0.39, 0.29) is 11.8 Å². The lowest BCUT2D eigenvalue weighted by Gasteiger charge is -2.22. The molecule has 0 rings (SSSR count). The van der Waals surface area contributed by atoms with Gasteiger partial charge < -0.3 is 14.6 Å². The largest absolute Gasteiger partial charge is 0.411 e. The molecule has 108 valence electrons. The highest BCUT2D eigenvalue weighted by Gasteiger charge is 2.32. The highest BCUT2D eigenvalue weighted by Crippen LogP contribution is 2.49. The van der Waals surface area contributed by atoms with Crippen LogP contribution >= 0.6 is 7.60 Å². The lowest BCUT2D eigenvalue weighted by molar-refractivity contribution is 0.175. The summed E-state index contributed by atoms with van der Waals surface area (Å²) in [6.45, 7) is 6.97. The summed E-state index contributed by atoms with van der Waals surface area (Å²) in [5, 5.41) is 11.6. The Balaban J connectivity index is 4.19. The van der Waals surface area contributed by atoms with E-state index in [4.69, 9.17) is 9.73 Å². The van der Waals surface area contributed by atoms with E-state index in [2.05, 4.69) is 12.1 Å². The first-order valence-corrected chi connectivity index (χ1v) is 8.19. The van der Waals surface area contributed by atoms with Gasteiger partial charge in [0.05, 0.1) is 17.5 Å². The highest BCUT2D eigenvalue weighted by atomic mass is 31.2. The summed E-state index contributed by atoms with van der Waals surface area (Å²) in [7, 11) is -3.76. The molecule has 3 atom stereocenters. The molecule has 0 aliphatic rings. The average Bonchev–Trinajstić information content (AvgIpc) is 2.32. The van der Waals surface area contributed by atoms with Gasteiger partial charge in [0, 0.05) is 0 Å². The fourth-order valence-electron chi connectivity index (χ4n) is 1.58. The monoisotopic (exact) mass is 279 g/mol. The van der Waals surface area contributed by atoms with Gasteiger partial charge in [0.2, 0.25) is 0 Å². The van der Waals surface area contributed by atoms with Gasteiger partial charge in [0.15, 0.2) is 0 Å². The predicted molar refractivity (Wildman–Crippen MR) is 73.5 cm³/mol. The average molecular weight is 279 g/mol. The summed E-state index contributed by atoms with van der Waals surface area (Å²) in [6.07, 6.45) is 4.97. The summed E-state index contributed by atoms with van der Waals surface area (Å²) in [5.41, 5.74) is -0.570. The fourth-order valence-corrected chi connectivity index (χ4v) is 2.91. The van der Waals surface area contributed by atoms with Gasteiger partial charge in [-0.1, -0.05) is 37.8 Å². The summed E-state index contributed by atoms with van der Waals surface area (Å²) < 4.78 is 17.2. The van der Waals surface area contributed by atoms with Crippen molar-refractivity contribution in [2.45, 2.75) is 71.6 Å². The van der Waals surface area contributed by atoms with E-state index in [0.717, 1.165) is 25.7 Å². The molecule has 0 radical (unpaired) electrons. The third-order valence-electron chi connectivity index (χ3n) is 3.05. The number of hydrogen-bond donors (Lipinski definition) is 2. The van der Waals surface area contributed by atoms with Crippen LogP contribution in [0.1, 0.15) is 59.8 Å². The van der Waals surface area contributed by atoms with Crippen LogP contribution in [0.4, 0.5) is 0 Å². The Hall–Kier alpha value is -0.380. The molecule has 0 heterocycles. The molecule has 5 nitrogen and oxygen atoms in total. The molecule has 0 amide bonds. The maximum atomic E-state index is 12.0. The molecule has 0 saturated carbocycles. The van der Waals surface area contributed by atoms with Crippen molar-refractivity contribution in [2.75, 3.05) is 0 Å². The van der Waals surface area contributed by atoms with Crippen molar-refractivity contribution in [3.8, 4) is 0 Å². The topological polar surface area (TPSA) is 79.1 Å². The van der Waals surface area contributed by atoms with Crippen LogP contribution in [-0.4, -0.2) is 27.6 Å². The van der Waals surface area contributed by atoms with Crippen molar-refractivity contribution < 1.29 is 19.2 Å². The minimum absolute atomic E-state index is 0.207. The first-order valence-electron chi connectivity index (χ1n) is 6.54. The number of nitrogens with zero attached hydrogens (tertiary/aromatic N) is 1. The number of rotatable bonds is 9. The van der Waals surface area contributed by atoms with Crippen LogP contribution in [0.5, 0.6) is 0 Å². The molecule has 2 N–H and O–H groups in total. The quantitative estimate of drug-likeness (QED) is 0.221. The van der Waals surface area contributed by atoms with E-state index in [1.54, 1.807) is 6.92 Å². The molecular formula is C12H26NO4P. The summed E-state index contributed by atoms with van der Waals surface area (Å²) >= 11 is 0. The molecule has 0 aromatic carbocycles. The maximum absolute atomic E-state index is 12.0. The van der Waals surface area contributed by atoms with Crippen LogP contribution in [0.25, 0.3) is 0 Å². The van der Waals surface area contributed by atoms with Crippen LogP contribution in [0.2, 0.25) is 0 Å². The number of oxime groups is 1. The molecule has 0 aliphatic heterocycles. The Labute approximate surface area is 110 Å². The van der Waals surface area contributed by atoms with Gasteiger partial charge >= 0.3 is 7.60 Å². The van der Waals surface area contributed by atoms with Crippen molar-refractivity contribution in [2.24, 2.45) is 5.16 Å². The molecule has 18 heavy (non-hydrogen) atoms.